The molecule has 1 aliphatic carbocycles. The summed E-state index contributed by atoms with van der Waals surface area (Å²) in [5, 5.41) is 13.9. The summed E-state index contributed by atoms with van der Waals surface area (Å²) in [6, 6.07) is 8.05. The zero-order valence-electron chi connectivity index (χ0n) is 13.7. The van der Waals surface area contributed by atoms with Crippen LogP contribution in [0.15, 0.2) is 24.3 Å². The molecule has 2 N–H and O–H groups in total. The van der Waals surface area contributed by atoms with Gasteiger partial charge in [0.25, 0.3) is 0 Å². The molecule has 1 heterocycles. The first-order valence-electron chi connectivity index (χ1n) is 8.11. The van der Waals surface area contributed by atoms with Crippen LogP contribution >= 0.6 is 11.8 Å². The molecule has 0 radical (unpaired) electrons. The van der Waals surface area contributed by atoms with E-state index in [9.17, 15) is 4.79 Å². The van der Waals surface area contributed by atoms with Crippen molar-refractivity contribution in [3.63, 3.8) is 0 Å². The van der Waals surface area contributed by atoms with Gasteiger partial charge in [0, 0.05) is 36.6 Å². The smallest absolute Gasteiger partial charge is 0.227 e. The van der Waals surface area contributed by atoms with Gasteiger partial charge in [-0.25, -0.2) is 0 Å². The summed E-state index contributed by atoms with van der Waals surface area (Å²) in [6.07, 6.45) is 2.28. The molecule has 6 nitrogen and oxygen atoms in total. The van der Waals surface area contributed by atoms with Crippen LogP contribution in [0.3, 0.4) is 0 Å². The number of hydrogen-bond donors (Lipinski definition) is 2. The number of nitrogens with one attached hydrogen (secondary N) is 2. The van der Waals surface area contributed by atoms with E-state index in [1.165, 1.54) is 5.56 Å². The monoisotopic (exact) mass is 346 g/mol. The molecule has 1 aliphatic rings. The number of thioether (sulfide) groups is 1. The molecule has 0 spiro atoms. The third kappa shape index (κ3) is 4.36. The molecule has 0 unspecified atom stereocenters. The largest absolute Gasteiger partial charge is 0.384 e. The van der Waals surface area contributed by atoms with Crippen LogP contribution in [0, 0.1) is 5.92 Å². The first-order valence-corrected chi connectivity index (χ1v) is 9.26. The number of amides is 1. The summed E-state index contributed by atoms with van der Waals surface area (Å²) < 4.78 is 5.05. The number of carbonyl (C=O) groups excluding carboxylic acids is 1. The van der Waals surface area contributed by atoms with Gasteiger partial charge in [-0.15, -0.1) is 0 Å². The Morgan fingerprint density at radius 3 is 3.17 bits per heavy atom. The number of fused-ring (bicyclic) bond motifs is 1. The SMILES string of the molecule is COCCSCc1cccc(NC(=O)[C@H]2CCc3n[nH]nc3C2)c1. The first-order chi connectivity index (χ1) is 11.8. The van der Waals surface area contributed by atoms with Crippen molar-refractivity contribution in [3.05, 3.63) is 41.2 Å². The van der Waals surface area contributed by atoms with Crippen molar-refractivity contribution in [2.24, 2.45) is 5.92 Å². The van der Waals surface area contributed by atoms with Crippen molar-refractivity contribution in [3.8, 4) is 0 Å². The van der Waals surface area contributed by atoms with Gasteiger partial charge in [-0.2, -0.15) is 27.2 Å². The summed E-state index contributed by atoms with van der Waals surface area (Å²) in [6.45, 7) is 0.757. The number of hydrogen-bond acceptors (Lipinski definition) is 5. The summed E-state index contributed by atoms with van der Waals surface area (Å²) >= 11 is 1.82. The highest BCUT2D eigenvalue weighted by molar-refractivity contribution is 7.98. The van der Waals surface area contributed by atoms with Gasteiger partial charge in [-0.05, 0) is 30.5 Å². The molecular weight excluding hydrogens is 324 g/mol. The van der Waals surface area contributed by atoms with E-state index in [2.05, 4.69) is 26.8 Å². The molecule has 0 bridgehead atoms. The maximum absolute atomic E-state index is 12.5. The molecule has 7 heteroatoms. The van der Waals surface area contributed by atoms with Crippen LogP contribution in [0.4, 0.5) is 5.69 Å². The second kappa shape index (κ2) is 8.30. The summed E-state index contributed by atoms with van der Waals surface area (Å²) in [4.78, 5) is 12.5. The minimum Gasteiger partial charge on any atom is -0.384 e. The molecule has 0 aliphatic heterocycles. The number of aryl methyl sites for hydroxylation is 1. The van der Waals surface area contributed by atoms with E-state index < -0.39 is 0 Å². The van der Waals surface area contributed by atoms with Crippen molar-refractivity contribution in [2.75, 3.05) is 24.8 Å². The molecule has 1 aromatic heterocycles. The minimum atomic E-state index is -0.0395. The molecule has 128 valence electrons. The van der Waals surface area contributed by atoms with Crippen LogP contribution in [0.25, 0.3) is 0 Å². The topological polar surface area (TPSA) is 79.9 Å². The molecule has 2 aromatic rings. The molecule has 24 heavy (non-hydrogen) atoms. The highest BCUT2D eigenvalue weighted by Crippen LogP contribution is 2.24. The number of ether oxygens (including phenoxy) is 1. The number of nitrogens with zero attached hydrogens (tertiary/aromatic N) is 2. The maximum atomic E-state index is 12.5. The number of aromatic nitrogens is 3. The first kappa shape index (κ1) is 17.0. The van der Waals surface area contributed by atoms with E-state index in [1.54, 1.807) is 7.11 Å². The quantitative estimate of drug-likeness (QED) is 0.753. The highest BCUT2D eigenvalue weighted by Gasteiger charge is 2.27. The zero-order valence-corrected chi connectivity index (χ0v) is 14.6. The van der Waals surface area contributed by atoms with Gasteiger partial charge in [-0.1, -0.05) is 12.1 Å². The van der Waals surface area contributed by atoms with Gasteiger partial charge >= 0.3 is 0 Å². The van der Waals surface area contributed by atoms with Crippen LogP contribution < -0.4 is 5.32 Å². The molecule has 1 atom stereocenters. The van der Waals surface area contributed by atoms with Crippen molar-refractivity contribution in [1.82, 2.24) is 15.4 Å². The van der Waals surface area contributed by atoms with Gasteiger partial charge in [0.1, 0.15) is 0 Å². The Bertz CT molecular complexity index is 689. The Kier molecular flexibility index (Phi) is 5.87. The summed E-state index contributed by atoms with van der Waals surface area (Å²) in [7, 11) is 1.71. The lowest BCUT2D eigenvalue weighted by atomic mass is 9.89. The van der Waals surface area contributed by atoms with Crippen LogP contribution in [0.1, 0.15) is 23.4 Å². The van der Waals surface area contributed by atoms with Crippen LogP contribution in [-0.4, -0.2) is 40.8 Å². The summed E-state index contributed by atoms with van der Waals surface area (Å²) in [5.41, 5.74) is 3.98. The molecule has 0 saturated heterocycles. The number of rotatable bonds is 7. The van der Waals surface area contributed by atoms with Gasteiger partial charge in [0.2, 0.25) is 5.91 Å². The van der Waals surface area contributed by atoms with Crippen molar-refractivity contribution in [2.45, 2.75) is 25.0 Å². The highest BCUT2D eigenvalue weighted by atomic mass is 32.2. The van der Waals surface area contributed by atoms with Gasteiger partial charge in [0.15, 0.2) is 0 Å². The average molecular weight is 346 g/mol. The van der Waals surface area contributed by atoms with Gasteiger partial charge in [0.05, 0.1) is 18.0 Å². The minimum absolute atomic E-state index is 0.0395. The number of aromatic amines is 1. The van der Waals surface area contributed by atoms with Crippen LogP contribution in [0.5, 0.6) is 0 Å². The Morgan fingerprint density at radius 2 is 2.29 bits per heavy atom. The Hall–Kier alpha value is -1.86. The number of anilines is 1. The molecule has 3 rings (SSSR count). The number of benzene rings is 1. The Balaban J connectivity index is 1.55. The van der Waals surface area contributed by atoms with Crippen molar-refractivity contribution < 1.29 is 9.53 Å². The fourth-order valence-electron chi connectivity index (χ4n) is 2.82. The van der Waals surface area contributed by atoms with E-state index in [1.807, 2.05) is 30.0 Å². The van der Waals surface area contributed by atoms with Crippen molar-refractivity contribution >= 4 is 23.4 Å². The summed E-state index contributed by atoms with van der Waals surface area (Å²) in [5.74, 6) is 1.91. The number of carbonyl (C=O) groups is 1. The number of methoxy groups -OCH3 is 1. The Labute approximate surface area is 145 Å². The van der Waals surface area contributed by atoms with E-state index in [-0.39, 0.29) is 11.8 Å². The van der Waals surface area contributed by atoms with Crippen molar-refractivity contribution in [1.29, 1.82) is 0 Å². The lowest BCUT2D eigenvalue weighted by molar-refractivity contribution is -0.120. The van der Waals surface area contributed by atoms with E-state index >= 15 is 0 Å². The molecule has 0 saturated carbocycles. The second-order valence-electron chi connectivity index (χ2n) is 5.89. The standard InChI is InChI=1S/C17H22N4O2S/c1-23-7-8-24-11-12-3-2-4-14(9-12)18-17(22)13-5-6-15-16(10-13)20-21-19-15/h2-4,9,13H,5-8,10-11H2,1H3,(H,18,22)(H,19,20,21)/t13-/m0/s1. The Morgan fingerprint density at radius 1 is 1.42 bits per heavy atom. The van der Waals surface area contributed by atoms with Crippen LogP contribution in [0.2, 0.25) is 0 Å². The predicted octanol–water partition coefficient (Wildman–Crippen LogP) is 2.43. The maximum Gasteiger partial charge on any atom is 0.227 e. The molecule has 1 amide bonds. The van der Waals surface area contributed by atoms with Gasteiger partial charge in [-0.3, -0.25) is 4.79 Å². The normalized spacial score (nSPS) is 16.6. The van der Waals surface area contributed by atoms with Crippen LogP contribution in [-0.2, 0) is 28.1 Å². The van der Waals surface area contributed by atoms with E-state index in [4.69, 9.17) is 4.74 Å². The van der Waals surface area contributed by atoms with Gasteiger partial charge < -0.3 is 10.1 Å². The third-order valence-electron chi connectivity index (χ3n) is 4.14. The average Bonchev–Trinajstić information content (AvgIpc) is 3.07. The lowest BCUT2D eigenvalue weighted by Crippen LogP contribution is -2.28. The number of H-pyrrole nitrogens is 1. The molecular formula is C17H22N4O2S. The molecule has 0 fully saturated rings. The van der Waals surface area contributed by atoms with E-state index in [0.717, 1.165) is 48.0 Å². The fourth-order valence-corrected chi connectivity index (χ4v) is 3.67. The lowest BCUT2D eigenvalue weighted by Gasteiger charge is -2.19. The van der Waals surface area contributed by atoms with E-state index in [0.29, 0.717) is 6.42 Å². The zero-order chi connectivity index (χ0) is 16.8. The third-order valence-corrected chi connectivity index (χ3v) is 5.13. The molecule has 1 aromatic carbocycles. The predicted molar refractivity (Wildman–Crippen MR) is 95.0 cm³/mol. The second-order valence-corrected chi connectivity index (χ2v) is 7.00. The fraction of sp³-hybridized carbons (Fsp3) is 0.471.